The van der Waals surface area contributed by atoms with Crippen LogP contribution in [0.25, 0.3) is 0 Å². The third kappa shape index (κ3) is 5.71. The maximum absolute atomic E-state index is 5.15. The number of nitrogens with zero attached hydrogens (tertiary/aromatic N) is 2. The van der Waals surface area contributed by atoms with E-state index in [1.54, 1.807) is 7.11 Å². The second-order valence-corrected chi connectivity index (χ2v) is 7.43. The smallest absolute Gasteiger partial charge is 0.191 e. The van der Waals surface area contributed by atoms with Crippen molar-refractivity contribution in [1.29, 1.82) is 0 Å². The van der Waals surface area contributed by atoms with E-state index < -0.39 is 0 Å². The van der Waals surface area contributed by atoms with Gasteiger partial charge in [-0.1, -0.05) is 30.3 Å². The SMILES string of the molecule is CCN=C(NC1CCN(CCCOC)CC1)NC1CC1c1ccccc1. The van der Waals surface area contributed by atoms with Crippen molar-refractivity contribution in [3.05, 3.63) is 35.9 Å². The van der Waals surface area contributed by atoms with Crippen LogP contribution in [0.1, 0.15) is 44.1 Å². The summed E-state index contributed by atoms with van der Waals surface area (Å²) in [5.74, 6) is 1.62. The molecular formula is C21H34N4O. The van der Waals surface area contributed by atoms with Gasteiger partial charge >= 0.3 is 0 Å². The lowest BCUT2D eigenvalue weighted by atomic mass is 10.1. The van der Waals surface area contributed by atoms with E-state index in [4.69, 9.17) is 4.74 Å². The van der Waals surface area contributed by atoms with Crippen LogP contribution in [0.5, 0.6) is 0 Å². The van der Waals surface area contributed by atoms with E-state index in [9.17, 15) is 0 Å². The average Bonchev–Trinajstić information content (AvgIpc) is 3.43. The van der Waals surface area contributed by atoms with Crippen LogP contribution >= 0.6 is 0 Å². The van der Waals surface area contributed by atoms with Gasteiger partial charge in [0.1, 0.15) is 0 Å². The quantitative estimate of drug-likeness (QED) is 0.426. The molecule has 2 fully saturated rings. The highest BCUT2D eigenvalue weighted by molar-refractivity contribution is 5.81. The van der Waals surface area contributed by atoms with Gasteiger partial charge in [-0.05, 0) is 38.2 Å². The van der Waals surface area contributed by atoms with Gasteiger partial charge in [-0.2, -0.15) is 0 Å². The second kappa shape index (κ2) is 9.93. The van der Waals surface area contributed by atoms with E-state index in [-0.39, 0.29) is 0 Å². The molecule has 0 bridgehead atoms. The molecule has 2 aliphatic rings. The molecule has 1 aliphatic carbocycles. The lowest BCUT2D eigenvalue weighted by Gasteiger charge is -2.33. The molecule has 0 radical (unpaired) electrons. The van der Waals surface area contributed by atoms with Crippen molar-refractivity contribution >= 4 is 5.96 Å². The number of aliphatic imine (C=N–C) groups is 1. The number of hydrogen-bond donors (Lipinski definition) is 2. The van der Waals surface area contributed by atoms with Crippen molar-refractivity contribution in [3.8, 4) is 0 Å². The van der Waals surface area contributed by atoms with Crippen LogP contribution in [-0.4, -0.2) is 62.8 Å². The summed E-state index contributed by atoms with van der Waals surface area (Å²) < 4.78 is 5.15. The first-order chi connectivity index (χ1) is 12.8. The highest BCUT2D eigenvalue weighted by Gasteiger charge is 2.39. The molecule has 1 aliphatic heterocycles. The Labute approximate surface area is 158 Å². The topological polar surface area (TPSA) is 48.9 Å². The van der Waals surface area contributed by atoms with Gasteiger partial charge in [-0.25, -0.2) is 0 Å². The molecule has 144 valence electrons. The summed E-state index contributed by atoms with van der Waals surface area (Å²) in [6, 6.07) is 11.9. The van der Waals surface area contributed by atoms with Crippen molar-refractivity contribution in [1.82, 2.24) is 15.5 Å². The maximum atomic E-state index is 5.15. The van der Waals surface area contributed by atoms with Crippen LogP contribution in [0.15, 0.2) is 35.3 Å². The highest BCUT2D eigenvalue weighted by atomic mass is 16.5. The summed E-state index contributed by atoms with van der Waals surface area (Å²) in [7, 11) is 1.78. The van der Waals surface area contributed by atoms with Crippen LogP contribution in [0, 0.1) is 0 Å². The van der Waals surface area contributed by atoms with Crippen LogP contribution in [0.3, 0.4) is 0 Å². The van der Waals surface area contributed by atoms with Crippen molar-refractivity contribution in [2.45, 2.75) is 50.6 Å². The predicted molar refractivity (Wildman–Crippen MR) is 108 cm³/mol. The van der Waals surface area contributed by atoms with E-state index in [1.165, 1.54) is 24.8 Å². The zero-order chi connectivity index (χ0) is 18.2. The molecule has 26 heavy (non-hydrogen) atoms. The number of likely N-dealkylation sites (tertiary alicyclic amines) is 1. The van der Waals surface area contributed by atoms with E-state index in [1.807, 2.05) is 0 Å². The fourth-order valence-electron chi connectivity index (χ4n) is 3.82. The summed E-state index contributed by atoms with van der Waals surface area (Å²) in [4.78, 5) is 7.22. The van der Waals surface area contributed by atoms with Crippen molar-refractivity contribution < 1.29 is 4.74 Å². The van der Waals surface area contributed by atoms with Gasteiger partial charge in [0.05, 0.1) is 0 Å². The summed E-state index contributed by atoms with van der Waals surface area (Å²) in [5.41, 5.74) is 1.44. The van der Waals surface area contributed by atoms with Crippen molar-refractivity contribution in [2.75, 3.05) is 39.9 Å². The second-order valence-electron chi connectivity index (χ2n) is 7.43. The monoisotopic (exact) mass is 358 g/mol. The zero-order valence-corrected chi connectivity index (χ0v) is 16.3. The molecule has 2 unspecified atom stereocenters. The maximum Gasteiger partial charge on any atom is 0.191 e. The number of nitrogens with one attached hydrogen (secondary N) is 2. The fourth-order valence-corrected chi connectivity index (χ4v) is 3.82. The third-order valence-electron chi connectivity index (χ3n) is 5.41. The molecular weight excluding hydrogens is 324 g/mol. The number of rotatable bonds is 8. The lowest BCUT2D eigenvalue weighted by molar-refractivity contribution is 0.155. The molecule has 1 saturated heterocycles. The molecule has 0 aromatic heterocycles. The Hall–Kier alpha value is -1.59. The third-order valence-corrected chi connectivity index (χ3v) is 5.41. The number of guanidine groups is 1. The number of ether oxygens (including phenoxy) is 1. The summed E-state index contributed by atoms with van der Waals surface area (Å²) >= 11 is 0. The van der Waals surface area contributed by atoms with Gasteiger partial charge in [0, 0.05) is 57.9 Å². The Bertz CT molecular complexity index is 554. The van der Waals surface area contributed by atoms with Crippen LogP contribution in [-0.2, 0) is 4.74 Å². The van der Waals surface area contributed by atoms with Crippen LogP contribution in [0.4, 0.5) is 0 Å². The average molecular weight is 359 g/mol. The highest BCUT2D eigenvalue weighted by Crippen LogP contribution is 2.40. The molecule has 2 atom stereocenters. The Kier molecular flexibility index (Phi) is 7.32. The summed E-state index contributed by atoms with van der Waals surface area (Å²) in [6.07, 6.45) is 4.70. The molecule has 0 amide bonds. The summed E-state index contributed by atoms with van der Waals surface area (Å²) in [6.45, 7) is 7.25. The first kappa shape index (κ1) is 19.2. The first-order valence-electron chi connectivity index (χ1n) is 10.1. The van der Waals surface area contributed by atoms with Gasteiger partial charge in [-0.3, -0.25) is 4.99 Å². The van der Waals surface area contributed by atoms with Gasteiger partial charge in [0.15, 0.2) is 5.96 Å². The minimum Gasteiger partial charge on any atom is -0.385 e. The molecule has 5 heteroatoms. The Balaban J connectivity index is 1.42. The molecule has 1 heterocycles. The Morgan fingerprint density at radius 3 is 2.65 bits per heavy atom. The van der Waals surface area contributed by atoms with E-state index in [0.29, 0.717) is 18.0 Å². The molecule has 1 saturated carbocycles. The van der Waals surface area contributed by atoms with E-state index in [2.05, 4.69) is 57.8 Å². The van der Waals surface area contributed by atoms with E-state index in [0.717, 1.165) is 45.2 Å². The molecule has 5 nitrogen and oxygen atoms in total. The fraction of sp³-hybridized carbons (Fsp3) is 0.667. The standard InChI is InChI=1S/C21H34N4O/c1-3-22-21(24-20-16-19(20)17-8-5-4-6-9-17)23-18-10-13-25(14-11-18)12-7-15-26-2/h4-6,8-9,18-20H,3,7,10-16H2,1-2H3,(H2,22,23,24). The van der Waals surface area contributed by atoms with Gasteiger partial charge in [0.25, 0.3) is 0 Å². The first-order valence-corrected chi connectivity index (χ1v) is 10.1. The van der Waals surface area contributed by atoms with Crippen molar-refractivity contribution in [2.24, 2.45) is 4.99 Å². The van der Waals surface area contributed by atoms with Gasteiger partial charge < -0.3 is 20.3 Å². The number of benzene rings is 1. The Morgan fingerprint density at radius 2 is 1.96 bits per heavy atom. The molecule has 1 aromatic rings. The number of piperidine rings is 1. The number of hydrogen-bond acceptors (Lipinski definition) is 3. The molecule has 0 spiro atoms. The minimum atomic E-state index is 0.518. The predicted octanol–water partition coefficient (Wildman–Crippen LogP) is 2.60. The molecule has 3 rings (SSSR count). The normalized spacial score (nSPS) is 24.5. The van der Waals surface area contributed by atoms with E-state index >= 15 is 0 Å². The largest absolute Gasteiger partial charge is 0.385 e. The lowest BCUT2D eigenvalue weighted by Crippen LogP contribution is -2.49. The molecule has 2 N–H and O–H groups in total. The number of methoxy groups -OCH3 is 1. The van der Waals surface area contributed by atoms with Crippen LogP contribution < -0.4 is 10.6 Å². The van der Waals surface area contributed by atoms with Gasteiger partial charge in [-0.15, -0.1) is 0 Å². The minimum absolute atomic E-state index is 0.518. The molecule has 1 aromatic carbocycles. The van der Waals surface area contributed by atoms with Crippen molar-refractivity contribution in [3.63, 3.8) is 0 Å². The van der Waals surface area contributed by atoms with Crippen LogP contribution in [0.2, 0.25) is 0 Å². The van der Waals surface area contributed by atoms with Gasteiger partial charge in [0.2, 0.25) is 0 Å². The summed E-state index contributed by atoms with van der Waals surface area (Å²) in [5, 5.41) is 7.33. The Morgan fingerprint density at radius 1 is 1.19 bits per heavy atom. The zero-order valence-electron chi connectivity index (χ0n) is 16.3.